The first kappa shape index (κ1) is 28.5. The van der Waals surface area contributed by atoms with E-state index in [1.54, 1.807) is 12.1 Å². The van der Waals surface area contributed by atoms with Crippen LogP contribution in [-0.4, -0.2) is 16.1 Å². The molecule has 202 valence electrons. The normalized spacial score (nSPS) is 11.9. The summed E-state index contributed by atoms with van der Waals surface area (Å²) in [7, 11) is -2.98. The number of allylic oxidation sites excluding steroid dienone is 1. The molecule has 0 spiro atoms. The summed E-state index contributed by atoms with van der Waals surface area (Å²) in [6, 6.07) is 33.2. The second-order valence-corrected chi connectivity index (χ2v) is 22.9. The molecule has 0 fully saturated rings. The van der Waals surface area contributed by atoms with Gasteiger partial charge in [0.15, 0.2) is 0 Å². The van der Waals surface area contributed by atoms with Crippen LogP contribution >= 0.6 is 0 Å². The van der Waals surface area contributed by atoms with E-state index in [1.807, 2.05) is 24.3 Å². The number of fused-ring (bicyclic) bond motifs is 3. The third-order valence-electron chi connectivity index (χ3n) is 7.98. The standard InChI is InChI=1S/C36H30N4Si2/c1-41(2,3)28-11-7-23(8-12-28)30-17-32-33-18-31(24-9-13-29(14-10-24)42(4,5)6)26(20-38)16-35(33)36(27(21-39)22-40)34(32)15-25(30)19-37/h7-18H,1-6H3. The predicted molar refractivity (Wildman–Crippen MR) is 175 cm³/mol. The van der Waals surface area contributed by atoms with Crippen LogP contribution in [0.3, 0.4) is 0 Å². The second-order valence-electron chi connectivity index (χ2n) is 12.7. The van der Waals surface area contributed by atoms with E-state index < -0.39 is 16.1 Å². The lowest BCUT2D eigenvalue weighted by molar-refractivity contribution is 1.45. The largest absolute Gasteiger partial charge is 0.192 e. The van der Waals surface area contributed by atoms with Crippen LogP contribution in [0.1, 0.15) is 22.3 Å². The molecular weight excluding hydrogens is 545 g/mol. The van der Waals surface area contributed by atoms with E-state index in [-0.39, 0.29) is 5.57 Å². The summed E-state index contributed by atoms with van der Waals surface area (Å²) in [4.78, 5) is 0. The molecule has 6 heteroatoms. The Labute approximate surface area is 250 Å². The Kier molecular flexibility index (Phi) is 7.10. The number of rotatable bonds is 4. The molecule has 4 nitrogen and oxygen atoms in total. The Bertz CT molecular complexity index is 1820. The summed E-state index contributed by atoms with van der Waals surface area (Å²) in [5.74, 6) is 0. The number of nitrogens with zero attached hydrogens (tertiary/aromatic N) is 4. The highest BCUT2D eigenvalue weighted by atomic mass is 28.3. The maximum Gasteiger partial charge on any atom is 0.138 e. The van der Waals surface area contributed by atoms with E-state index in [9.17, 15) is 21.0 Å². The summed E-state index contributed by atoms with van der Waals surface area (Å²) in [5.41, 5.74) is 7.86. The lowest BCUT2D eigenvalue weighted by atomic mass is 9.92. The molecule has 4 aromatic carbocycles. The first-order chi connectivity index (χ1) is 19.9. The zero-order valence-corrected chi connectivity index (χ0v) is 26.7. The average Bonchev–Trinajstić information content (AvgIpc) is 3.28. The van der Waals surface area contributed by atoms with Crippen LogP contribution in [0.15, 0.2) is 78.4 Å². The molecule has 0 saturated carbocycles. The molecule has 0 heterocycles. The van der Waals surface area contributed by atoms with Crippen molar-refractivity contribution in [3.8, 4) is 57.7 Å². The quantitative estimate of drug-likeness (QED) is 0.162. The highest BCUT2D eigenvalue weighted by Crippen LogP contribution is 2.49. The summed E-state index contributed by atoms with van der Waals surface area (Å²) in [6.07, 6.45) is 0. The molecule has 0 aromatic heterocycles. The number of nitriles is 4. The van der Waals surface area contributed by atoms with Crippen molar-refractivity contribution < 1.29 is 0 Å². The van der Waals surface area contributed by atoms with E-state index >= 15 is 0 Å². The molecule has 0 radical (unpaired) electrons. The molecular formula is C36H30N4Si2. The minimum Gasteiger partial charge on any atom is -0.192 e. The van der Waals surface area contributed by atoms with E-state index in [4.69, 9.17) is 0 Å². The fourth-order valence-electron chi connectivity index (χ4n) is 5.57. The van der Waals surface area contributed by atoms with Crippen molar-refractivity contribution in [1.82, 2.24) is 0 Å². The van der Waals surface area contributed by atoms with Crippen LogP contribution in [0.25, 0.3) is 39.0 Å². The molecule has 4 aromatic rings. The maximum atomic E-state index is 10.2. The Morgan fingerprint density at radius 1 is 0.476 bits per heavy atom. The fraction of sp³-hybridized carbons (Fsp3) is 0.167. The van der Waals surface area contributed by atoms with Crippen LogP contribution in [0, 0.1) is 45.3 Å². The summed E-state index contributed by atoms with van der Waals surface area (Å²) >= 11 is 0. The average molecular weight is 575 g/mol. The van der Waals surface area contributed by atoms with Crippen molar-refractivity contribution in [2.24, 2.45) is 0 Å². The van der Waals surface area contributed by atoms with Crippen LogP contribution < -0.4 is 10.4 Å². The van der Waals surface area contributed by atoms with Crippen LogP contribution in [0.2, 0.25) is 39.3 Å². The smallest absolute Gasteiger partial charge is 0.138 e. The molecule has 0 amide bonds. The van der Waals surface area contributed by atoms with Gasteiger partial charge in [-0.15, -0.1) is 0 Å². The van der Waals surface area contributed by atoms with Crippen molar-refractivity contribution in [1.29, 1.82) is 21.0 Å². The fourth-order valence-corrected chi connectivity index (χ4v) is 7.91. The van der Waals surface area contributed by atoms with E-state index in [1.165, 1.54) is 10.4 Å². The molecule has 0 aliphatic heterocycles. The molecule has 1 aliphatic carbocycles. The molecule has 42 heavy (non-hydrogen) atoms. The van der Waals surface area contributed by atoms with Gasteiger partial charge in [0.1, 0.15) is 17.7 Å². The first-order valence-electron chi connectivity index (χ1n) is 13.8. The van der Waals surface area contributed by atoms with Crippen molar-refractivity contribution in [2.45, 2.75) is 39.3 Å². The SMILES string of the molecule is C[Si](C)(C)c1ccc(-c2cc3c(cc2C#N)C(=C(C#N)C#N)c2cc(C#N)c(-c4ccc([Si](C)(C)C)cc4)cc2-3)cc1. The highest BCUT2D eigenvalue weighted by molar-refractivity contribution is 6.89. The van der Waals surface area contributed by atoms with Gasteiger partial charge < -0.3 is 0 Å². The lowest BCUT2D eigenvalue weighted by Gasteiger charge is -2.17. The second kappa shape index (κ2) is 10.4. The Balaban J connectivity index is 1.78. The molecule has 0 N–H and O–H groups in total. The topological polar surface area (TPSA) is 95.2 Å². The zero-order valence-electron chi connectivity index (χ0n) is 24.7. The van der Waals surface area contributed by atoms with Gasteiger partial charge in [0, 0.05) is 16.7 Å². The van der Waals surface area contributed by atoms with Gasteiger partial charge in [0.2, 0.25) is 0 Å². The van der Waals surface area contributed by atoms with Gasteiger partial charge in [-0.05, 0) is 57.6 Å². The van der Waals surface area contributed by atoms with E-state index in [0.717, 1.165) is 33.4 Å². The van der Waals surface area contributed by atoms with Gasteiger partial charge in [0.05, 0.1) is 39.4 Å². The monoisotopic (exact) mass is 574 g/mol. The predicted octanol–water partition coefficient (Wildman–Crippen LogP) is 7.68. The van der Waals surface area contributed by atoms with E-state index in [0.29, 0.717) is 27.8 Å². The third kappa shape index (κ3) is 4.89. The first-order valence-corrected chi connectivity index (χ1v) is 20.8. The summed E-state index contributed by atoms with van der Waals surface area (Å²) in [6.45, 7) is 13.8. The van der Waals surface area contributed by atoms with Crippen molar-refractivity contribution >= 4 is 32.1 Å². The van der Waals surface area contributed by atoms with Crippen molar-refractivity contribution in [3.63, 3.8) is 0 Å². The van der Waals surface area contributed by atoms with Crippen LogP contribution in [-0.2, 0) is 0 Å². The van der Waals surface area contributed by atoms with Gasteiger partial charge in [-0.3, -0.25) is 0 Å². The lowest BCUT2D eigenvalue weighted by Crippen LogP contribution is -2.37. The molecule has 0 atom stereocenters. The van der Waals surface area contributed by atoms with Crippen molar-refractivity contribution in [2.75, 3.05) is 0 Å². The van der Waals surface area contributed by atoms with E-state index in [2.05, 4.69) is 100.0 Å². The van der Waals surface area contributed by atoms with Crippen LogP contribution in [0.5, 0.6) is 0 Å². The number of hydrogen-bond donors (Lipinski definition) is 0. The van der Waals surface area contributed by atoms with Gasteiger partial charge in [-0.2, -0.15) is 21.0 Å². The van der Waals surface area contributed by atoms with Gasteiger partial charge in [0.25, 0.3) is 0 Å². The Hall–Kier alpha value is -4.99. The van der Waals surface area contributed by atoms with Gasteiger partial charge in [-0.25, -0.2) is 0 Å². The molecule has 5 rings (SSSR count). The third-order valence-corrected chi connectivity index (χ3v) is 12.1. The maximum absolute atomic E-state index is 10.2. The molecule has 0 unspecified atom stereocenters. The van der Waals surface area contributed by atoms with Gasteiger partial charge >= 0.3 is 0 Å². The summed E-state index contributed by atoms with van der Waals surface area (Å²) < 4.78 is 0. The zero-order chi connectivity index (χ0) is 30.4. The Morgan fingerprint density at radius 2 is 0.833 bits per heavy atom. The number of hydrogen-bond acceptors (Lipinski definition) is 4. The molecule has 0 saturated heterocycles. The van der Waals surface area contributed by atoms with Crippen LogP contribution in [0.4, 0.5) is 0 Å². The Morgan fingerprint density at radius 3 is 1.12 bits per heavy atom. The molecule has 1 aliphatic rings. The van der Waals surface area contributed by atoms with Gasteiger partial charge in [-0.1, -0.05) is 98.2 Å². The minimum atomic E-state index is -1.49. The highest BCUT2D eigenvalue weighted by Gasteiger charge is 2.30. The molecule has 0 bridgehead atoms. The van der Waals surface area contributed by atoms with Crippen molar-refractivity contribution in [3.05, 3.63) is 101 Å². The number of benzene rings is 4. The minimum absolute atomic E-state index is 0.0396. The summed E-state index contributed by atoms with van der Waals surface area (Å²) in [5, 5.41) is 42.8.